The van der Waals surface area contributed by atoms with Crippen LogP contribution < -0.4 is 0 Å². The number of nitrogens with zero attached hydrogens (tertiary/aromatic N) is 1. The molecule has 21 heavy (non-hydrogen) atoms. The van der Waals surface area contributed by atoms with Gasteiger partial charge in [-0.2, -0.15) is 0 Å². The van der Waals surface area contributed by atoms with Crippen LogP contribution in [0.3, 0.4) is 0 Å². The quantitative estimate of drug-likeness (QED) is 0.472. The molecule has 2 heteroatoms. The molecule has 0 bridgehead atoms. The summed E-state index contributed by atoms with van der Waals surface area (Å²) >= 11 is 0. The van der Waals surface area contributed by atoms with Crippen LogP contribution in [0.4, 0.5) is 0 Å². The van der Waals surface area contributed by atoms with Gasteiger partial charge in [-0.25, -0.2) is 0 Å². The van der Waals surface area contributed by atoms with Crippen LogP contribution in [-0.2, 0) is 0 Å². The molecule has 0 heterocycles. The fourth-order valence-corrected chi connectivity index (χ4v) is 2.64. The highest BCUT2D eigenvalue weighted by Gasteiger charge is 2.24. The Morgan fingerprint density at radius 1 is 0.667 bits per heavy atom. The first-order chi connectivity index (χ1) is 9.97. The highest BCUT2D eigenvalue weighted by Crippen LogP contribution is 2.16. The van der Waals surface area contributed by atoms with E-state index in [1.165, 1.54) is 82.0 Å². The number of aliphatic hydroxyl groups is 1. The maximum absolute atomic E-state index is 8.06. The largest absolute Gasteiger partial charge is 1.00 e. The fourth-order valence-electron chi connectivity index (χ4n) is 2.64. The number of unbranched alkanes of at least 4 members (excludes halogenated alkanes) is 4. The third-order valence-electron chi connectivity index (χ3n) is 3.94. The summed E-state index contributed by atoms with van der Waals surface area (Å²) in [6, 6.07) is 0. The second kappa shape index (κ2) is 16.3. The number of rotatable bonds is 12. The minimum atomic E-state index is -0.167. The molecule has 2 nitrogen and oxygen atoms in total. The summed E-state index contributed by atoms with van der Waals surface area (Å²) < 4.78 is 1.42. The van der Waals surface area contributed by atoms with E-state index in [1.807, 2.05) is 0 Å². The summed E-state index contributed by atoms with van der Waals surface area (Å²) in [7, 11) is 0. The van der Waals surface area contributed by atoms with E-state index in [9.17, 15) is 0 Å². The summed E-state index contributed by atoms with van der Waals surface area (Å²) in [4.78, 5) is 0. The van der Waals surface area contributed by atoms with Gasteiger partial charge in [0.1, 0.15) is 0 Å². The van der Waals surface area contributed by atoms with E-state index in [0.717, 1.165) is 0 Å². The first kappa shape index (κ1) is 23.2. The Hall–Kier alpha value is -0.0800. The zero-order valence-electron chi connectivity index (χ0n) is 17.0. The first-order valence-corrected chi connectivity index (χ1v) is 9.51. The van der Waals surface area contributed by atoms with Gasteiger partial charge in [-0.3, -0.25) is 0 Å². The monoisotopic (exact) mass is 303 g/mol. The maximum atomic E-state index is 8.06. The standard InChI is InChI=1S/C16H36N.C3H8O/c1-5-9-13-17(14-10-6-2,15-11-7-3)16-12-8-4;1-3(2)4/h5-16H2,1-4H3;3-4H,1-2H3/q+1;/p+1. The molecule has 0 fully saturated rings. The van der Waals surface area contributed by atoms with Crippen LogP contribution in [0, 0.1) is 0 Å². The number of hydrogen-bond donors (Lipinski definition) is 1. The fraction of sp³-hybridized carbons (Fsp3) is 1.00. The van der Waals surface area contributed by atoms with Gasteiger partial charge in [0.05, 0.1) is 26.2 Å². The van der Waals surface area contributed by atoms with E-state index in [4.69, 9.17) is 5.11 Å². The minimum absolute atomic E-state index is 0. The van der Waals surface area contributed by atoms with Crippen molar-refractivity contribution in [2.75, 3.05) is 26.2 Å². The molecule has 0 aromatic rings. The van der Waals surface area contributed by atoms with E-state index in [2.05, 4.69) is 27.7 Å². The van der Waals surface area contributed by atoms with Gasteiger partial charge < -0.3 is 9.59 Å². The van der Waals surface area contributed by atoms with Gasteiger partial charge in [0, 0.05) is 6.10 Å². The Labute approximate surface area is 137 Å². The van der Waals surface area contributed by atoms with Crippen LogP contribution in [0.1, 0.15) is 94.3 Å². The number of quaternary nitrogens is 1. The average Bonchev–Trinajstić information content (AvgIpc) is 2.45. The molecule has 0 aliphatic heterocycles. The lowest BCUT2D eigenvalue weighted by Crippen LogP contribution is -2.50. The van der Waals surface area contributed by atoms with Crippen molar-refractivity contribution in [1.82, 2.24) is 0 Å². The predicted octanol–water partition coefficient (Wildman–Crippen LogP) is 5.50. The van der Waals surface area contributed by atoms with Crippen molar-refractivity contribution in [1.29, 1.82) is 0 Å². The van der Waals surface area contributed by atoms with Crippen LogP contribution in [0.15, 0.2) is 0 Å². The molecular formula is C19H45NO+2. The second-order valence-electron chi connectivity index (χ2n) is 6.74. The van der Waals surface area contributed by atoms with Crippen LogP contribution in [0.5, 0.6) is 0 Å². The van der Waals surface area contributed by atoms with Crippen LogP contribution >= 0.6 is 0 Å². The molecule has 0 radical (unpaired) electrons. The van der Waals surface area contributed by atoms with Gasteiger partial charge in [0.25, 0.3) is 0 Å². The highest BCUT2D eigenvalue weighted by molar-refractivity contribution is 4.49. The Balaban J connectivity index is -0.000000640. The lowest BCUT2D eigenvalue weighted by atomic mass is 10.1. The SMILES string of the molecule is CC(C)O.CCCC[N+](CCCC)(CCCC)CCCC.[H+]. The van der Waals surface area contributed by atoms with Crippen molar-refractivity contribution in [2.24, 2.45) is 0 Å². The molecule has 0 unspecified atom stereocenters. The minimum Gasteiger partial charge on any atom is -0.394 e. The third kappa shape index (κ3) is 16.1. The highest BCUT2D eigenvalue weighted by atomic mass is 16.3. The Bertz CT molecular complexity index is 158. The first-order valence-electron chi connectivity index (χ1n) is 9.51. The van der Waals surface area contributed by atoms with Crippen molar-refractivity contribution in [2.45, 2.75) is 99.0 Å². The van der Waals surface area contributed by atoms with Crippen molar-refractivity contribution in [3.63, 3.8) is 0 Å². The van der Waals surface area contributed by atoms with Gasteiger partial charge in [-0.1, -0.05) is 53.4 Å². The van der Waals surface area contributed by atoms with Gasteiger partial charge in [0.2, 0.25) is 0 Å². The van der Waals surface area contributed by atoms with Crippen molar-refractivity contribution in [3.05, 3.63) is 0 Å². The van der Waals surface area contributed by atoms with Gasteiger partial charge in [0.15, 0.2) is 0 Å². The second-order valence-corrected chi connectivity index (χ2v) is 6.74. The zero-order chi connectivity index (χ0) is 16.6. The average molecular weight is 304 g/mol. The summed E-state index contributed by atoms with van der Waals surface area (Å²) in [5, 5.41) is 8.06. The molecule has 1 N–H and O–H groups in total. The number of hydrogen-bond acceptors (Lipinski definition) is 1. The molecule has 0 saturated carbocycles. The molecule has 130 valence electrons. The van der Waals surface area contributed by atoms with Crippen LogP contribution in [-0.4, -0.2) is 41.9 Å². The molecule has 0 saturated heterocycles. The normalized spacial score (nSPS) is 11.4. The van der Waals surface area contributed by atoms with E-state index in [1.54, 1.807) is 13.8 Å². The van der Waals surface area contributed by atoms with E-state index in [0.29, 0.717) is 0 Å². The van der Waals surface area contributed by atoms with Crippen molar-refractivity contribution in [3.8, 4) is 0 Å². The third-order valence-corrected chi connectivity index (χ3v) is 3.94. The summed E-state index contributed by atoms with van der Waals surface area (Å²) in [6.45, 7) is 18.5. The topological polar surface area (TPSA) is 20.2 Å². The smallest absolute Gasteiger partial charge is 0.394 e. The Morgan fingerprint density at radius 3 is 1.00 bits per heavy atom. The Kier molecular flexibility index (Phi) is 18.0. The lowest BCUT2D eigenvalue weighted by molar-refractivity contribution is -0.929. The Morgan fingerprint density at radius 2 is 0.857 bits per heavy atom. The maximum Gasteiger partial charge on any atom is 1.00 e. The van der Waals surface area contributed by atoms with Crippen molar-refractivity contribution >= 4 is 0 Å². The molecule has 0 rings (SSSR count). The van der Waals surface area contributed by atoms with E-state index >= 15 is 0 Å². The van der Waals surface area contributed by atoms with Crippen molar-refractivity contribution < 1.29 is 11.0 Å². The molecule has 0 aromatic heterocycles. The van der Waals surface area contributed by atoms with Crippen LogP contribution in [0.25, 0.3) is 0 Å². The van der Waals surface area contributed by atoms with E-state index < -0.39 is 0 Å². The van der Waals surface area contributed by atoms with Gasteiger partial charge in [-0.05, 0) is 39.5 Å². The molecular weight excluding hydrogens is 258 g/mol. The summed E-state index contributed by atoms with van der Waals surface area (Å²) in [6.07, 6.45) is 10.9. The predicted molar refractivity (Wildman–Crippen MR) is 97.8 cm³/mol. The zero-order valence-corrected chi connectivity index (χ0v) is 16.0. The van der Waals surface area contributed by atoms with Gasteiger partial charge >= 0.3 is 1.43 Å². The van der Waals surface area contributed by atoms with Gasteiger partial charge in [-0.15, -0.1) is 0 Å². The number of aliphatic hydroxyl groups excluding tert-OH is 1. The lowest BCUT2D eigenvalue weighted by Gasteiger charge is -2.39. The van der Waals surface area contributed by atoms with E-state index in [-0.39, 0.29) is 7.53 Å². The molecule has 0 atom stereocenters. The molecule has 0 aliphatic carbocycles. The molecule has 0 aliphatic rings. The molecule has 0 amide bonds. The summed E-state index contributed by atoms with van der Waals surface area (Å²) in [5.41, 5.74) is 0. The molecule has 0 spiro atoms. The summed E-state index contributed by atoms with van der Waals surface area (Å²) in [5.74, 6) is 0. The van der Waals surface area contributed by atoms with Crippen LogP contribution in [0.2, 0.25) is 0 Å². The molecule has 0 aromatic carbocycles.